The molecule has 0 N–H and O–H groups in total. The number of fused-ring (bicyclic) bond motifs is 1. The molecular weight excluding hydrogens is 180 g/mol. The van der Waals surface area contributed by atoms with E-state index >= 15 is 0 Å². The normalized spacial score (nSPS) is 18.6. The van der Waals surface area contributed by atoms with Crippen molar-refractivity contribution < 1.29 is 14.3 Å². The zero-order chi connectivity index (χ0) is 10.1. The van der Waals surface area contributed by atoms with Gasteiger partial charge in [0, 0.05) is 12.0 Å². The van der Waals surface area contributed by atoms with Crippen LogP contribution in [0.15, 0.2) is 12.1 Å². The summed E-state index contributed by atoms with van der Waals surface area (Å²) in [7, 11) is 1.59. The number of carbonyl (C=O) groups is 1. The Morgan fingerprint density at radius 1 is 1.57 bits per heavy atom. The third kappa shape index (κ3) is 1.35. The van der Waals surface area contributed by atoms with Gasteiger partial charge in [0.15, 0.2) is 6.29 Å². The third-order valence-electron chi connectivity index (χ3n) is 2.36. The zero-order valence-electron chi connectivity index (χ0n) is 8.24. The van der Waals surface area contributed by atoms with E-state index < -0.39 is 0 Å². The average molecular weight is 192 g/mol. The number of hydrogen-bond acceptors (Lipinski definition) is 3. The highest BCUT2D eigenvalue weighted by atomic mass is 16.5. The number of hydrogen-bond donors (Lipinski definition) is 0. The Kier molecular flexibility index (Phi) is 2.15. The Bertz CT molecular complexity index is 371. The van der Waals surface area contributed by atoms with Gasteiger partial charge in [-0.3, -0.25) is 4.79 Å². The van der Waals surface area contributed by atoms with Gasteiger partial charge in [0.1, 0.15) is 17.6 Å². The van der Waals surface area contributed by atoms with E-state index in [0.717, 1.165) is 18.3 Å². The number of benzene rings is 1. The summed E-state index contributed by atoms with van der Waals surface area (Å²) in [4.78, 5) is 10.8. The van der Waals surface area contributed by atoms with Crippen LogP contribution in [0.5, 0.6) is 11.5 Å². The lowest BCUT2D eigenvalue weighted by molar-refractivity contribution is 0.111. The molecule has 1 aliphatic heterocycles. The van der Waals surface area contributed by atoms with E-state index in [-0.39, 0.29) is 6.10 Å². The van der Waals surface area contributed by atoms with Crippen molar-refractivity contribution in [3.63, 3.8) is 0 Å². The summed E-state index contributed by atoms with van der Waals surface area (Å²) in [6, 6.07) is 3.62. The smallest absolute Gasteiger partial charge is 0.153 e. The van der Waals surface area contributed by atoms with Crippen molar-refractivity contribution in [3.8, 4) is 11.5 Å². The van der Waals surface area contributed by atoms with Crippen LogP contribution in [0.1, 0.15) is 22.8 Å². The van der Waals surface area contributed by atoms with Gasteiger partial charge in [-0.15, -0.1) is 0 Å². The lowest BCUT2D eigenvalue weighted by Crippen LogP contribution is -2.05. The Morgan fingerprint density at radius 2 is 2.36 bits per heavy atom. The van der Waals surface area contributed by atoms with Gasteiger partial charge >= 0.3 is 0 Å². The van der Waals surface area contributed by atoms with E-state index in [1.165, 1.54) is 0 Å². The van der Waals surface area contributed by atoms with E-state index in [1.807, 2.05) is 13.0 Å². The van der Waals surface area contributed by atoms with Crippen LogP contribution in [0.4, 0.5) is 0 Å². The Balaban J connectivity index is 2.51. The number of carbonyl (C=O) groups excluding carboxylic acids is 1. The molecule has 1 aromatic rings. The second kappa shape index (κ2) is 3.33. The molecular formula is C11H12O3. The molecule has 0 fully saturated rings. The first-order valence-electron chi connectivity index (χ1n) is 4.57. The molecule has 3 heteroatoms. The summed E-state index contributed by atoms with van der Waals surface area (Å²) in [5, 5.41) is 0. The standard InChI is InChI=1S/C11H12O3/c1-7-3-8-4-10(13-2)5-9(6-12)11(8)14-7/h4-7H,3H2,1-2H3/t7-/m1/s1. The highest BCUT2D eigenvalue weighted by Crippen LogP contribution is 2.35. The van der Waals surface area contributed by atoms with Crippen LogP contribution in [0.3, 0.4) is 0 Å². The first-order valence-corrected chi connectivity index (χ1v) is 4.57. The first kappa shape index (κ1) is 9.06. The summed E-state index contributed by atoms with van der Waals surface area (Å²) >= 11 is 0. The predicted octanol–water partition coefficient (Wildman–Crippen LogP) is 1.83. The largest absolute Gasteiger partial charge is 0.497 e. The molecule has 74 valence electrons. The average Bonchev–Trinajstić information content (AvgIpc) is 2.56. The van der Waals surface area contributed by atoms with Gasteiger partial charge < -0.3 is 9.47 Å². The fourth-order valence-corrected chi connectivity index (χ4v) is 1.74. The van der Waals surface area contributed by atoms with Crippen LogP contribution in [-0.4, -0.2) is 19.5 Å². The van der Waals surface area contributed by atoms with E-state index in [0.29, 0.717) is 17.1 Å². The number of methoxy groups -OCH3 is 1. The molecule has 1 aliphatic rings. The van der Waals surface area contributed by atoms with Gasteiger partial charge in [-0.1, -0.05) is 0 Å². The third-order valence-corrected chi connectivity index (χ3v) is 2.36. The fourth-order valence-electron chi connectivity index (χ4n) is 1.74. The van der Waals surface area contributed by atoms with Crippen molar-refractivity contribution >= 4 is 6.29 Å². The summed E-state index contributed by atoms with van der Waals surface area (Å²) in [5.74, 6) is 1.43. The highest BCUT2D eigenvalue weighted by Gasteiger charge is 2.22. The predicted molar refractivity (Wildman–Crippen MR) is 52.2 cm³/mol. The molecule has 0 radical (unpaired) electrons. The van der Waals surface area contributed by atoms with Crippen molar-refractivity contribution in [2.45, 2.75) is 19.4 Å². The second-order valence-electron chi connectivity index (χ2n) is 3.46. The lowest BCUT2D eigenvalue weighted by Gasteiger charge is -2.06. The van der Waals surface area contributed by atoms with Gasteiger partial charge in [-0.05, 0) is 19.1 Å². The molecule has 14 heavy (non-hydrogen) atoms. The maximum absolute atomic E-state index is 10.8. The van der Waals surface area contributed by atoms with Crippen LogP contribution in [0, 0.1) is 0 Å². The van der Waals surface area contributed by atoms with Crippen molar-refractivity contribution in [1.82, 2.24) is 0 Å². The number of rotatable bonds is 2. The molecule has 0 spiro atoms. The molecule has 1 atom stereocenters. The van der Waals surface area contributed by atoms with Crippen LogP contribution in [-0.2, 0) is 6.42 Å². The minimum absolute atomic E-state index is 0.149. The van der Waals surface area contributed by atoms with Crippen molar-refractivity contribution in [3.05, 3.63) is 23.3 Å². The Labute approximate surface area is 82.6 Å². The second-order valence-corrected chi connectivity index (χ2v) is 3.46. The minimum atomic E-state index is 0.149. The fraction of sp³-hybridized carbons (Fsp3) is 0.364. The molecule has 1 heterocycles. The topological polar surface area (TPSA) is 35.5 Å². The number of ether oxygens (including phenoxy) is 2. The Hall–Kier alpha value is -1.51. The van der Waals surface area contributed by atoms with Crippen LogP contribution in [0.2, 0.25) is 0 Å². The maximum Gasteiger partial charge on any atom is 0.153 e. The number of aldehydes is 1. The summed E-state index contributed by atoms with van der Waals surface area (Å²) in [5.41, 5.74) is 1.63. The first-order chi connectivity index (χ1) is 6.74. The SMILES string of the molecule is COc1cc(C=O)c2c(c1)C[C@@H](C)O2. The molecule has 2 rings (SSSR count). The van der Waals surface area contributed by atoms with Crippen molar-refractivity contribution in [2.24, 2.45) is 0 Å². The minimum Gasteiger partial charge on any atom is -0.497 e. The molecule has 0 aromatic heterocycles. The molecule has 0 bridgehead atoms. The maximum atomic E-state index is 10.8. The molecule has 3 nitrogen and oxygen atoms in total. The van der Waals surface area contributed by atoms with E-state index in [9.17, 15) is 4.79 Å². The monoisotopic (exact) mass is 192 g/mol. The zero-order valence-corrected chi connectivity index (χ0v) is 8.24. The molecule has 0 saturated carbocycles. The highest BCUT2D eigenvalue weighted by molar-refractivity contribution is 5.81. The van der Waals surface area contributed by atoms with E-state index in [1.54, 1.807) is 13.2 Å². The molecule has 0 amide bonds. The van der Waals surface area contributed by atoms with Gasteiger partial charge in [0.25, 0.3) is 0 Å². The van der Waals surface area contributed by atoms with E-state index in [2.05, 4.69) is 0 Å². The van der Waals surface area contributed by atoms with E-state index in [4.69, 9.17) is 9.47 Å². The lowest BCUT2D eigenvalue weighted by atomic mass is 10.1. The summed E-state index contributed by atoms with van der Waals surface area (Å²) in [6.07, 6.45) is 1.79. The van der Waals surface area contributed by atoms with Crippen molar-refractivity contribution in [2.75, 3.05) is 7.11 Å². The molecule has 1 aromatic carbocycles. The van der Waals surface area contributed by atoms with Gasteiger partial charge in [0.05, 0.1) is 12.7 Å². The van der Waals surface area contributed by atoms with Gasteiger partial charge in [-0.2, -0.15) is 0 Å². The van der Waals surface area contributed by atoms with Crippen LogP contribution >= 0.6 is 0 Å². The molecule has 0 unspecified atom stereocenters. The van der Waals surface area contributed by atoms with Gasteiger partial charge in [0.2, 0.25) is 0 Å². The van der Waals surface area contributed by atoms with Crippen molar-refractivity contribution in [1.29, 1.82) is 0 Å². The molecule has 0 saturated heterocycles. The van der Waals surface area contributed by atoms with Crippen LogP contribution in [0.25, 0.3) is 0 Å². The quantitative estimate of drug-likeness (QED) is 0.670. The summed E-state index contributed by atoms with van der Waals surface area (Å²) in [6.45, 7) is 1.99. The Morgan fingerprint density at radius 3 is 3.00 bits per heavy atom. The van der Waals surface area contributed by atoms with Crippen LogP contribution < -0.4 is 9.47 Å². The van der Waals surface area contributed by atoms with Gasteiger partial charge in [-0.25, -0.2) is 0 Å². The molecule has 0 aliphatic carbocycles. The summed E-state index contributed by atoms with van der Waals surface area (Å²) < 4.78 is 10.6.